The van der Waals surface area contributed by atoms with E-state index < -0.39 is 17.7 Å². The summed E-state index contributed by atoms with van der Waals surface area (Å²) in [5.41, 5.74) is 0.173. The molecule has 0 bridgehead atoms. The monoisotopic (exact) mass is 295 g/mol. The van der Waals surface area contributed by atoms with Crippen LogP contribution in [0.2, 0.25) is 0 Å². The topological polar surface area (TPSA) is 92.2 Å². The number of carboxylic acid groups (broad SMARTS) is 1. The van der Waals surface area contributed by atoms with Crippen LogP contribution in [0.25, 0.3) is 0 Å². The molecule has 1 aromatic carbocycles. The van der Waals surface area contributed by atoms with Gasteiger partial charge in [0.2, 0.25) is 5.13 Å². The first-order chi connectivity index (χ1) is 9.54. The van der Waals surface area contributed by atoms with Gasteiger partial charge < -0.3 is 5.11 Å². The number of rotatable bonds is 5. The Morgan fingerprint density at radius 3 is 2.85 bits per heavy atom. The summed E-state index contributed by atoms with van der Waals surface area (Å²) >= 11 is 1.09. The fraction of sp³-hybridized carbons (Fsp3) is 0.167. The first-order valence-corrected chi connectivity index (χ1v) is 6.47. The second-order valence-corrected chi connectivity index (χ2v) is 4.92. The van der Waals surface area contributed by atoms with Crippen LogP contribution in [0.15, 0.2) is 24.3 Å². The van der Waals surface area contributed by atoms with Crippen molar-refractivity contribution in [1.29, 1.82) is 0 Å². The number of carbonyl (C=O) groups excluding carboxylic acids is 1. The highest BCUT2D eigenvalue weighted by Gasteiger charge is 2.11. The third kappa shape index (κ3) is 3.82. The Kier molecular flexibility index (Phi) is 4.36. The van der Waals surface area contributed by atoms with E-state index in [1.165, 1.54) is 18.2 Å². The van der Waals surface area contributed by atoms with Crippen LogP contribution in [0.5, 0.6) is 0 Å². The van der Waals surface area contributed by atoms with E-state index >= 15 is 0 Å². The van der Waals surface area contributed by atoms with E-state index in [0.29, 0.717) is 5.01 Å². The molecule has 0 atom stereocenters. The van der Waals surface area contributed by atoms with Crippen molar-refractivity contribution in [2.45, 2.75) is 12.8 Å². The number of benzene rings is 1. The van der Waals surface area contributed by atoms with Crippen LogP contribution < -0.4 is 5.32 Å². The molecule has 0 saturated carbocycles. The summed E-state index contributed by atoms with van der Waals surface area (Å²) in [6, 6.07) is 5.26. The van der Waals surface area contributed by atoms with Gasteiger partial charge in [-0.25, -0.2) is 4.39 Å². The molecule has 6 nitrogen and oxygen atoms in total. The highest BCUT2D eigenvalue weighted by Crippen LogP contribution is 2.17. The van der Waals surface area contributed by atoms with Gasteiger partial charge in [0.25, 0.3) is 5.91 Å². The number of aryl methyl sites for hydroxylation is 1. The standard InChI is InChI=1S/C12H10FN3O3S/c13-8-3-1-2-7(6-8)11(19)14-12-16-15-9(20-12)4-5-10(17)18/h1-3,6H,4-5H2,(H,17,18)(H,14,16,19). The molecule has 0 unspecified atom stereocenters. The second-order valence-electron chi connectivity index (χ2n) is 3.86. The van der Waals surface area contributed by atoms with Gasteiger partial charge >= 0.3 is 5.97 Å². The van der Waals surface area contributed by atoms with Crippen molar-refractivity contribution in [1.82, 2.24) is 10.2 Å². The smallest absolute Gasteiger partial charge is 0.303 e. The summed E-state index contributed by atoms with van der Waals surface area (Å²) in [4.78, 5) is 22.2. The number of nitrogens with one attached hydrogen (secondary N) is 1. The summed E-state index contributed by atoms with van der Waals surface area (Å²) in [6.07, 6.45) is 0.204. The highest BCUT2D eigenvalue weighted by atomic mass is 32.1. The zero-order valence-electron chi connectivity index (χ0n) is 10.2. The Bertz CT molecular complexity index is 644. The maximum Gasteiger partial charge on any atom is 0.303 e. The van der Waals surface area contributed by atoms with E-state index in [1.54, 1.807) is 0 Å². The molecule has 1 aromatic heterocycles. The number of aromatic nitrogens is 2. The maximum atomic E-state index is 13.0. The van der Waals surface area contributed by atoms with Crippen LogP contribution in [0, 0.1) is 5.82 Å². The van der Waals surface area contributed by atoms with Gasteiger partial charge in [-0.3, -0.25) is 14.9 Å². The van der Waals surface area contributed by atoms with Gasteiger partial charge in [-0.2, -0.15) is 0 Å². The highest BCUT2D eigenvalue weighted by molar-refractivity contribution is 7.15. The van der Waals surface area contributed by atoms with Crippen molar-refractivity contribution in [2.75, 3.05) is 5.32 Å². The van der Waals surface area contributed by atoms with E-state index in [2.05, 4.69) is 15.5 Å². The van der Waals surface area contributed by atoms with Crippen LogP contribution in [0.3, 0.4) is 0 Å². The molecule has 1 heterocycles. The lowest BCUT2D eigenvalue weighted by Gasteiger charge is -2.00. The normalized spacial score (nSPS) is 10.2. The first-order valence-electron chi connectivity index (χ1n) is 5.65. The third-order valence-electron chi connectivity index (χ3n) is 2.33. The molecule has 0 radical (unpaired) electrons. The van der Waals surface area contributed by atoms with Gasteiger partial charge in [-0.05, 0) is 18.2 Å². The molecule has 8 heteroatoms. The summed E-state index contributed by atoms with van der Waals surface area (Å²) in [6.45, 7) is 0. The molecule has 0 aliphatic rings. The van der Waals surface area contributed by atoms with Crippen molar-refractivity contribution in [3.05, 3.63) is 40.7 Å². The number of carboxylic acids is 1. The SMILES string of the molecule is O=C(O)CCc1nnc(NC(=O)c2cccc(F)c2)s1. The molecule has 2 rings (SSSR count). The fourth-order valence-electron chi connectivity index (χ4n) is 1.42. The number of aliphatic carboxylic acids is 1. The lowest BCUT2D eigenvalue weighted by Crippen LogP contribution is -2.11. The van der Waals surface area contributed by atoms with Gasteiger partial charge in [0.1, 0.15) is 10.8 Å². The zero-order chi connectivity index (χ0) is 14.5. The van der Waals surface area contributed by atoms with Crippen molar-refractivity contribution < 1.29 is 19.1 Å². The third-order valence-corrected chi connectivity index (χ3v) is 3.23. The lowest BCUT2D eigenvalue weighted by atomic mass is 10.2. The molecule has 0 spiro atoms. The zero-order valence-corrected chi connectivity index (χ0v) is 11.0. The van der Waals surface area contributed by atoms with Gasteiger partial charge in [0.05, 0.1) is 6.42 Å². The molecule has 1 amide bonds. The fourth-order valence-corrected chi connectivity index (χ4v) is 2.15. The summed E-state index contributed by atoms with van der Waals surface area (Å²) in [5.74, 6) is -1.92. The Labute approximate surface area is 117 Å². The van der Waals surface area contributed by atoms with Crippen molar-refractivity contribution in [2.24, 2.45) is 0 Å². The largest absolute Gasteiger partial charge is 0.481 e. The van der Waals surface area contributed by atoms with E-state index in [9.17, 15) is 14.0 Å². The molecule has 2 N–H and O–H groups in total. The predicted octanol–water partition coefficient (Wildman–Crippen LogP) is 1.95. The molecule has 2 aromatic rings. The quantitative estimate of drug-likeness (QED) is 0.879. The predicted molar refractivity (Wildman–Crippen MR) is 70.2 cm³/mol. The van der Waals surface area contributed by atoms with Crippen LogP contribution in [0.4, 0.5) is 9.52 Å². The van der Waals surface area contributed by atoms with Gasteiger partial charge in [-0.1, -0.05) is 17.4 Å². The summed E-state index contributed by atoms with van der Waals surface area (Å²) in [7, 11) is 0. The van der Waals surface area contributed by atoms with E-state index in [4.69, 9.17) is 5.11 Å². The maximum absolute atomic E-state index is 13.0. The summed E-state index contributed by atoms with van der Waals surface area (Å²) in [5, 5.41) is 19.3. The Hall–Kier alpha value is -2.35. The number of anilines is 1. The van der Waals surface area contributed by atoms with E-state index in [-0.39, 0.29) is 23.5 Å². The van der Waals surface area contributed by atoms with Crippen molar-refractivity contribution in [3.63, 3.8) is 0 Å². The van der Waals surface area contributed by atoms with Gasteiger partial charge in [0, 0.05) is 12.0 Å². The molecular weight excluding hydrogens is 285 g/mol. The number of halogens is 1. The van der Waals surface area contributed by atoms with E-state index in [1.807, 2.05) is 0 Å². The minimum atomic E-state index is -0.925. The van der Waals surface area contributed by atoms with Crippen LogP contribution >= 0.6 is 11.3 Å². The average molecular weight is 295 g/mol. The van der Waals surface area contributed by atoms with Crippen LogP contribution in [0.1, 0.15) is 21.8 Å². The van der Waals surface area contributed by atoms with Crippen LogP contribution in [-0.4, -0.2) is 27.2 Å². The van der Waals surface area contributed by atoms with Crippen molar-refractivity contribution in [3.8, 4) is 0 Å². The minimum Gasteiger partial charge on any atom is -0.481 e. The molecule has 0 saturated heterocycles. The molecule has 0 aliphatic carbocycles. The Morgan fingerprint density at radius 2 is 2.15 bits per heavy atom. The Balaban J connectivity index is 1.99. The number of hydrogen-bond donors (Lipinski definition) is 2. The Morgan fingerprint density at radius 1 is 1.35 bits per heavy atom. The second kappa shape index (κ2) is 6.20. The van der Waals surface area contributed by atoms with Crippen LogP contribution in [-0.2, 0) is 11.2 Å². The first kappa shape index (κ1) is 14.1. The lowest BCUT2D eigenvalue weighted by molar-refractivity contribution is -0.136. The van der Waals surface area contributed by atoms with Crippen molar-refractivity contribution >= 4 is 28.3 Å². The number of hydrogen-bond acceptors (Lipinski definition) is 5. The average Bonchev–Trinajstić information content (AvgIpc) is 2.84. The van der Waals surface area contributed by atoms with Gasteiger partial charge in [-0.15, -0.1) is 10.2 Å². The molecule has 20 heavy (non-hydrogen) atoms. The summed E-state index contributed by atoms with van der Waals surface area (Å²) < 4.78 is 13.0. The number of carbonyl (C=O) groups is 2. The minimum absolute atomic E-state index is 0.0491. The molecular formula is C12H10FN3O3S. The van der Waals surface area contributed by atoms with Gasteiger partial charge in [0.15, 0.2) is 0 Å². The molecule has 0 aliphatic heterocycles. The van der Waals surface area contributed by atoms with E-state index in [0.717, 1.165) is 17.4 Å². The number of amides is 1. The molecule has 104 valence electrons. The number of nitrogens with zero attached hydrogens (tertiary/aromatic N) is 2. The molecule has 0 fully saturated rings.